The first-order valence-corrected chi connectivity index (χ1v) is 5.75. The number of hydrogen-bond donors (Lipinski definition) is 1. The van der Waals surface area contributed by atoms with Crippen molar-refractivity contribution in [2.45, 2.75) is 20.3 Å². The van der Waals surface area contributed by atoms with Gasteiger partial charge in [0, 0.05) is 5.75 Å². The summed E-state index contributed by atoms with van der Waals surface area (Å²) in [7, 11) is 1.26. The zero-order valence-electron chi connectivity index (χ0n) is 9.61. The van der Waals surface area contributed by atoms with Crippen LogP contribution in [0.25, 0.3) is 0 Å². The third-order valence-electron chi connectivity index (χ3n) is 1.41. The van der Waals surface area contributed by atoms with Crippen LogP contribution in [0.1, 0.15) is 20.3 Å². The SMILES string of the molecule is CCOC(=O)CCS/C(C)=N/NC(=O)OC. The van der Waals surface area contributed by atoms with Crippen molar-refractivity contribution in [2.75, 3.05) is 19.5 Å². The van der Waals surface area contributed by atoms with E-state index in [2.05, 4.69) is 15.3 Å². The van der Waals surface area contributed by atoms with Gasteiger partial charge in [-0.2, -0.15) is 5.10 Å². The van der Waals surface area contributed by atoms with Crippen LogP contribution in [0, 0.1) is 0 Å². The molecule has 0 aliphatic carbocycles. The topological polar surface area (TPSA) is 77.0 Å². The molecule has 0 heterocycles. The zero-order chi connectivity index (χ0) is 12.4. The molecule has 6 nitrogen and oxygen atoms in total. The highest BCUT2D eigenvalue weighted by Gasteiger charge is 2.02. The summed E-state index contributed by atoms with van der Waals surface area (Å²) in [6.45, 7) is 3.88. The summed E-state index contributed by atoms with van der Waals surface area (Å²) in [5, 5.41) is 4.39. The van der Waals surface area contributed by atoms with Gasteiger partial charge in [-0.05, 0) is 13.8 Å². The summed E-state index contributed by atoms with van der Waals surface area (Å²) in [4.78, 5) is 21.6. The molecule has 0 rings (SSSR count). The van der Waals surface area contributed by atoms with Crippen molar-refractivity contribution in [1.29, 1.82) is 0 Å². The highest BCUT2D eigenvalue weighted by Crippen LogP contribution is 2.05. The van der Waals surface area contributed by atoms with Crippen LogP contribution < -0.4 is 5.43 Å². The van der Waals surface area contributed by atoms with Gasteiger partial charge in [0.1, 0.15) is 0 Å². The van der Waals surface area contributed by atoms with E-state index in [0.29, 0.717) is 23.8 Å². The highest BCUT2D eigenvalue weighted by atomic mass is 32.2. The Morgan fingerprint density at radius 3 is 2.69 bits per heavy atom. The molecule has 1 amide bonds. The third kappa shape index (κ3) is 8.10. The number of nitrogens with zero attached hydrogens (tertiary/aromatic N) is 1. The molecule has 0 bridgehead atoms. The lowest BCUT2D eigenvalue weighted by Gasteiger charge is -2.02. The number of esters is 1. The molecule has 0 aliphatic rings. The minimum atomic E-state index is -0.620. The third-order valence-corrected chi connectivity index (χ3v) is 2.33. The van der Waals surface area contributed by atoms with Gasteiger partial charge in [-0.15, -0.1) is 11.8 Å². The molecule has 16 heavy (non-hydrogen) atoms. The molecule has 7 heteroatoms. The maximum absolute atomic E-state index is 11.0. The molecule has 0 saturated heterocycles. The number of amides is 1. The number of nitrogens with one attached hydrogen (secondary N) is 1. The normalized spacial score (nSPS) is 10.8. The Labute approximate surface area is 98.7 Å². The van der Waals surface area contributed by atoms with E-state index in [1.165, 1.54) is 18.9 Å². The summed E-state index contributed by atoms with van der Waals surface area (Å²) < 4.78 is 9.09. The summed E-state index contributed by atoms with van der Waals surface area (Å²) >= 11 is 1.36. The second kappa shape index (κ2) is 9.02. The number of carbonyl (C=O) groups is 2. The molecular formula is C9H16N2O4S. The standard InChI is InChI=1S/C9H16N2O4S/c1-4-15-8(12)5-6-16-7(2)10-11-9(13)14-3/h4-6H2,1-3H3,(H,11,13)/b10-7+. The number of ether oxygens (including phenoxy) is 2. The Kier molecular flexibility index (Phi) is 8.32. The number of methoxy groups -OCH3 is 1. The molecule has 1 N–H and O–H groups in total. The Bertz CT molecular complexity index is 268. The van der Waals surface area contributed by atoms with Gasteiger partial charge < -0.3 is 9.47 Å². The molecule has 0 aromatic heterocycles. The minimum Gasteiger partial charge on any atom is -0.466 e. The fourth-order valence-corrected chi connectivity index (χ4v) is 1.39. The second-order valence-electron chi connectivity index (χ2n) is 2.64. The van der Waals surface area contributed by atoms with Crippen molar-refractivity contribution in [3.63, 3.8) is 0 Å². The minimum absolute atomic E-state index is 0.233. The molecule has 0 aliphatic heterocycles. The van der Waals surface area contributed by atoms with Crippen LogP contribution in [-0.4, -0.2) is 36.6 Å². The Balaban J connectivity index is 3.68. The van der Waals surface area contributed by atoms with Crippen LogP contribution >= 0.6 is 11.8 Å². The summed E-state index contributed by atoms with van der Waals surface area (Å²) in [6.07, 6.45) is -0.297. The fourth-order valence-electron chi connectivity index (χ4n) is 0.718. The van der Waals surface area contributed by atoms with Gasteiger partial charge >= 0.3 is 12.1 Å². The lowest BCUT2D eigenvalue weighted by Crippen LogP contribution is -2.17. The molecule has 0 saturated carbocycles. The van der Waals surface area contributed by atoms with Gasteiger partial charge in [0.25, 0.3) is 0 Å². The van der Waals surface area contributed by atoms with Crippen molar-refractivity contribution in [1.82, 2.24) is 5.43 Å². The van der Waals surface area contributed by atoms with Crippen molar-refractivity contribution < 1.29 is 19.1 Å². The van der Waals surface area contributed by atoms with Gasteiger partial charge in [-0.3, -0.25) is 4.79 Å². The van der Waals surface area contributed by atoms with E-state index in [0.717, 1.165) is 0 Å². The molecule has 0 radical (unpaired) electrons. The number of hydrazone groups is 1. The van der Waals surface area contributed by atoms with E-state index in [-0.39, 0.29) is 5.97 Å². The van der Waals surface area contributed by atoms with Gasteiger partial charge in [0.15, 0.2) is 0 Å². The van der Waals surface area contributed by atoms with Crippen molar-refractivity contribution >= 4 is 28.9 Å². The van der Waals surface area contributed by atoms with Crippen molar-refractivity contribution in [2.24, 2.45) is 5.10 Å². The van der Waals surface area contributed by atoms with E-state index in [1.807, 2.05) is 0 Å². The van der Waals surface area contributed by atoms with Crippen LogP contribution in [0.5, 0.6) is 0 Å². The Morgan fingerprint density at radius 2 is 2.12 bits per heavy atom. The Hall–Kier alpha value is -1.24. The van der Waals surface area contributed by atoms with Gasteiger partial charge in [-0.1, -0.05) is 0 Å². The summed E-state index contributed by atoms with van der Waals surface area (Å²) in [5.74, 6) is 0.334. The van der Waals surface area contributed by atoms with E-state index in [1.54, 1.807) is 13.8 Å². The van der Waals surface area contributed by atoms with Crippen LogP contribution in [0.4, 0.5) is 4.79 Å². The van der Waals surface area contributed by atoms with Crippen molar-refractivity contribution in [3.05, 3.63) is 0 Å². The zero-order valence-corrected chi connectivity index (χ0v) is 10.4. The summed E-state index contributed by atoms with van der Waals surface area (Å²) in [5.41, 5.74) is 2.19. The van der Waals surface area contributed by atoms with Crippen molar-refractivity contribution in [3.8, 4) is 0 Å². The maximum atomic E-state index is 11.0. The summed E-state index contributed by atoms with van der Waals surface area (Å²) in [6, 6.07) is 0. The van der Waals surface area contributed by atoms with E-state index >= 15 is 0 Å². The quantitative estimate of drug-likeness (QED) is 0.344. The smallest absolute Gasteiger partial charge is 0.427 e. The van der Waals surface area contributed by atoms with Crippen LogP contribution in [0.15, 0.2) is 5.10 Å². The van der Waals surface area contributed by atoms with Crippen LogP contribution in [0.3, 0.4) is 0 Å². The molecule has 0 unspecified atom stereocenters. The maximum Gasteiger partial charge on any atom is 0.427 e. The largest absolute Gasteiger partial charge is 0.466 e. The predicted molar refractivity (Wildman–Crippen MR) is 62.4 cm³/mol. The van der Waals surface area contributed by atoms with Gasteiger partial charge in [0.05, 0.1) is 25.2 Å². The molecular weight excluding hydrogens is 232 g/mol. The molecule has 0 aromatic carbocycles. The fraction of sp³-hybridized carbons (Fsp3) is 0.667. The molecule has 92 valence electrons. The van der Waals surface area contributed by atoms with Crippen LogP contribution in [0.2, 0.25) is 0 Å². The average Bonchev–Trinajstić information content (AvgIpc) is 2.26. The monoisotopic (exact) mass is 248 g/mol. The lowest BCUT2D eigenvalue weighted by atomic mass is 10.5. The number of thioether (sulfide) groups is 1. The predicted octanol–water partition coefficient (Wildman–Crippen LogP) is 1.36. The number of carbonyl (C=O) groups excluding carboxylic acids is 2. The van der Waals surface area contributed by atoms with E-state index in [9.17, 15) is 9.59 Å². The van der Waals surface area contributed by atoms with Gasteiger partial charge in [0.2, 0.25) is 0 Å². The molecule has 0 aromatic rings. The van der Waals surface area contributed by atoms with Gasteiger partial charge in [-0.25, -0.2) is 10.2 Å². The lowest BCUT2D eigenvalue weighted by molar-refractivity contribution is -0.142. The van der Waals surface area contributed by atoms with E-state index in [4.69, 9.17) is 4.74 Å². The molecule has 0 fully saturated rings. The first kappa shape index (κ1) is 14.8. The van der Waals surface area contributed by atoms with E-state index < -0.39 is 6.09 Å². The molecule has 0 atom stereocenters. The second-order valence-corrected chi connectivity index (χ2v) is 3.93. The first-order valence-electron chi connectivity index (χ1n) is 4.76. The first-order chi connectivity index (χ1) is 7.60. The number of rotatable bonds is 5. The van der Waals surface area contributed by atoms with Crippen LogP contribution in [-0.2, 0) is 14.3 Å². The molecule has 0 spiro atoms. The Morgan fingerprint density at radius 1 is 1.44 bits per heavy atom. The highest BCUT2D eigenvalue weighted by molar-refractivity contribution is 8.13. The average molecular weight is 248 g/mol. The number of hydrogen-bond acceptors (Lipinski definition) is 6.